The van der Waals surface area contributed by atoms with Crippen LogP contribution in [-0.4, -0.2) is 31.7 Å². The average molecular weight is 305 g/mol. The number of para-hydroxylation sites is 1. The topological polar surface area (TPSA) is 66.6 Å². The molecule has 0 saturated carbocycles. The summed E-state index contributed by atoms with van der Waals surface area (Å²) in [6, 6.07) is 15.9. The van der Waals surface area contributed by atoms with E-state index >= 15 is 0 Å². The van der Waals surface area contributed by atoms with Crippen molar-refractivity contribution in [1.82, 2.24) is 19.6 Å². The summed E-state index contributed by atoms with van der Waals surface area (Å²) >= 11 is 0. The van der Waals surface area contributed by atoms with Gasteiger partial charge in [-0.05, 0) is 29.8 Å². The molecule has 0 radical (unpaired) electrons. The molecule has 0 amide bonds. The second-order valence-electron chi connectivity index (χ2n) is 5.34. The third-order valence-electron chi connectivity index (χ3n) is 3.94. The largest absolute Gasteiger partial charge is 0.392 e. The number of benzene rings is 2. The third kappa shape index (κ3) is 2.20. The molecule has 6 heteroatoms. The molecule has 2 heterocycles. The van der Waals surface area contributed by atoms with Crippen LogP contribution in [-0.2, 0) is 6.61 Å². The van der Waals surface area contributed by atoms with Crippen molar-refractivity contribution in [1.29, 1.82) is 0 Å². The number of aliphatic hydroxyl groups excluding tert-OH is 1. The molecule has 0 unspecified atom stereocenters. The Hall–Kier alpha value is -2.99. The predicted octanol–water partition coefficient (Wildman–Crippen LogP) is 2.54. The van der Waals surface area contributed by atoms with Crippen molar-refractivity contribution in [2.45, 2.75) is 6.61 Å². The SMILES string of the molecule is CN(c1ccccc1)c1nc2nncn2c2cc(CO)ccc12. The van der Waals surface area contributed by atoms with Crippen LogP contribution in [0.15, 0.2) is 54.9 Å². The molecule has 2 aromatic heterocycles. The molecule has 4 rings (SSSR count). The van der Waals surface area contributed by atoms with Gasteiger partial charge in [-0.3, -0.25) is 4.40 Å². The maximum atomic E-state index is 9.41. The molecule has 0 spiro atoms. The van der Waals surface area contributed by atoms with Gasteiger partial charge in [0.25, 0.3) is 5.78 Å². The van der Waals surface area contributed by atoms with Crippen LogP contribution in [0.3, 0.4) is 0 Å². The number of hydrogen-bond acceptors (Lipinski definition) is 5. The van der Waals surface area contributed by atoms with Crippen molar-refractivity contribution >= 4 is 28.2 Å². The lowest BCUT2D eigenvalue weighted by Gasteiger charge is -2.20. The lowest BCUT2D eigenvalue weighted by molar-refractivity contribution is 0.282. The normalized spacial score (nSPS) is 11.2. The van der Waals surface area contributed by atoms with Crippen molar-refractivity contribution in [2.24, 2.45) is 0 Å². The van der Waals surface area contributed by atoms with E-state index in [1.807, 2.05) is 64.9 Å². The zero-order chi connectivity index (χ0) is 15.8. The monoisotopic (exact) mass is 305 g/mol. The minimum Gasteiger partial charge on any atom is -0.392 e. The molecular formula is C17H15N5O. The van der Waals surface area contributed by atoms with Crippen molar-refractivity contribution in [2.75, 3.05) is 11.9 Å². The van der Waals surface area contributed by atoms with Gasteiger partial charge in [-0.2, -0.15) is 4.98 Å². The molecule has 1 N–H and O–H groups in total. The Labute approximate surface area is 132 Å². The van der Waals surface area contributed by atoms with E-state index in [0.29, 0.717) is 5.78 Å². The van der Waals surface area contributed by atoms with Gasteiger partial charge in [-0.15, -0.1) is 10.2 Å². The van der Waals surface area contributed by atoms with Crippen molar-refractivity contribution in [3.05, 3.63) is 60.4 Å². The van der Waals surface area contributed by atoms with Gasteiger partial charge in [0, 0.05) is 18.1 Å². The number of fused-ring (bicyclic) bond motifs is 3. The van der Waals surface area contributed by atoms with E-state index in [1.165, 1.54) is 0 Å². The molecule has 0 aliphatic heterocycles. The van der Waals surface area contributed by atoms with Gasteiger partial charge in [0.1, 0.15) is 12.1 Å². The van der Waals surface area contributed by atoms with E-state index in [0.717, 1.165) is 28.0 Å². The standard InChI is InChI=1S/C17H15N5O/c1-21(13-5-3-2-4-6-13)16-14-8-7-12(10-23)9-15(14)22-11-18-20-17(22)19-16/h2-9,11,23H,10H2,1H3. The van der Waals surface area contributed by atoms with Gasteiger partial charge >= 0.3 is 0 Å². The van der Waals surface area contributed by atoms with E-state index in [9.17, 15) is 5.11 Å². The first-order valence-corrected chi connectivity index (χ1v) is 7.30. The van der Waals surface area contributed by atoms with E-state index in [-0.39, 0.29) is 6.61 Å². The van der Waals surface area contributed by atoms with Crippen LogP contribution in [0.1, 0.15) is 5.56 Å². The first kappa shape index (κ1) is 13.7. The summed E-state index contributed by atoms with van der Waals surface area (Å²) in [7, 11) is 1.98. The number of rotatable bonds is 3. The van der Waals surface area contributed by atoms with Crippen LogP contribution in [0.5, 0.6) is 0 Å². The highest BCUT2D eigenvalue weighted by Gasteiger charge is 2.14. The molecule has 2 aromatic carbocycles. The van der Waals surface area contributed by atoms with Crippen LogP contribution < -0.4 is 4.90 Å². The molecule has 0 aliphatic rings. The minimum absolute atomic E-state index is 0.00819. The van der Waals surface area contributed by atoms with Crippen molar-refractivity contribution in [3.63, 3.8) is 0 Å². The van der Waals surface area contributed by atoms with Gasteiger partial charge in [-0.1, -0.05) is 24.3 Å². The molecule has 0 atom stereocenters. The Morgan fingerprint density at radius 1 is 1.13 bits per heavy atom. The second-order valence-corrected chi connectivity index (χ2v) is 5.34. The fraction of sp³-hybridized carbons (Fsp3) is 0.118. The number of nitrogens with zero attached hydrogens (tertiary/aromatic N) is 5. The molecule has 6 nitrogen and oxygen atoms in total. The Balaban J connectivity index is 2.01. The van der Waals surface area contributed by atoms with E-state index in [1.54, 1.807) is 6.33 Å². The summed E-state index contributed by atoms with van der Waals surface area (Å²) < 4.78 is 1.83. The van der Waals surface area contributed by atoms with Crippen LogP contribution >= 0.6 is 0 Å². The molecular weight excluding hydrogens is 290 g/mol. The molecule has 114 valence electrons. The van der Waals surface area contributed by atoms with E-state index in [4.69, 9.17) is 0 Å². The lowest BCUT2D eigenvalue weighted by atomic mass is 10.1. The summed E-state index contributed by atoms with van der Waals surface area (Å²) in [6.45, 7) is -0.00819. The van der Waals surface area contributed by atoms with Crippen LogP contribution in [0, 0.1) is 0 Å². The van der Waals surface area contributed by atoms with Crippen LogP contribution in [0.2, 0.25) is 0 Å². The summed E-state index contributed by atoms with van der Waals surface area (Å²) in [5.41, 5.74) is 2.80. The minimum atomic E-state index is -0.00819. The van der Waals surface area contributed by atoms with Gasteiger partial charge in [0.05, 0.1) is 12.1 Å². The van der Waals surface area contributed by atoms with Crippen LogP contribution in [0.4, 0.5) is 11.5 Å². The van der Waals surface area contributed by atoms with E-state index < -0.39 is 0 Å². The van der Waals surface area contributed by atoms with Gasteiger partial charge in [0.2, 0.25) is 0 Å². The molecule has 23 heavy (non-hydrogen) atoms. The molecule has 0 aliphatic carbocycles. The Bertz CT molecular complexity index is 980. The number of anilines is 2. The summed E-state index contributed by atoms with van der Waals surface area (Å²) in [5.74, 6) is 1.33. The summed E-state index contributed by atoms with van der Waals surface area (Å²) in [6.07, 6.45) is 1.64. The Morgan fingerprint density at radius 2 is 1.96 bits per heavy atom. The van der Waals surface area contributed by atoms with Crippen molar-refractivity contribution < 1.29 is 5.11 Å². The zero-order valence-electron chi connectivity index (χ0n) is 12.6. The smallest absolute Gasteiger partial charge is 0.257 e. The first-order valence-electron chi connectivity index (χ1n) is 7.30. The summed E-state index contributed by atoms with van der Waals surface area (Å²) in [4.78, 5) is 6.67. The second kappa shape index (κ2) is 5.33. The zero-order valence-corrected chi connectivity index (χ0v) is 12.6. The van der Waals surface area contributed by atoms with Gasteiger partial charge in [0.15, 0.2) is 0 Å². The van der Waals surface area contributed by atoms with Gasteiger partial charge in [-0.25, -0.2) is 0 Å². The van der Waals surface area contributed by atoms with Gasteiger partial charge < -0.3 is 10.0 Å². The maximum Gasteiger partial charge on any atom is 0.257 e. The highest BCUT2D eigenvalue weighted by Crippen LogP contribution is 2.30. The third-order valence-corrected chi connectivity index (χ3v) is 3.94. The fourth-order valence-electron chi connectivity index (χ4n) is 2.72. The number of hydrogen-bond donors (Lipinski definition) is 1. The van der Waals surface area contributed by atoms with Crippen LogP contribution in [0.25, 0.3) is 16.7 Å². The Morgan fingerprint density at radius 3 is 2.74 bits per heavy atom. The Kier molecular flexibility index (Phi) is 3.17. The lowest BCUT2D eigenvalue weighted by Crippen LogP contribution is -2.13. The highest BCUT2D eigenvalue weighted by molar-refractivity contribution is 5.93. The van der Waals surface area contributed by atoms with Crippen molar-refractivity contribution in [3.8, 4) is 0 Å². The highest BCUT2D eigenvalue weighted by atomic mass is 16.3. The average Bonchev–Trinajstić information content (AvgIpc) is 3.09. The molecule has 0 fully saturated rings. The fourth-order valence-corrected chi connectivity index (χ4v) is 2.72. The number of aliphatic hydroxyl groups is 1. The first-order chi connectivity index (χ1) is 11.3. The quantitative estimate of drug-likeness (QED) is 0.630. The molecule has 0 bridgehead atoms. The maximum absolute atomic E-state index is 9.41. The predicted molar refractivity (Wildman–Crippen MR) is 88.7 cm³/mol. The molecule has 0 saturated heterocycles. The molecule has 4 aromatic rings. The van der Waals surface area contributed by atoms with E-state index in [2.05, 4.69) is 15.2 Å². The summed E-state index contributed by atoms with van der Waals surface area (Å²) in [5, 5.41) is 18.4. The number of aromatic nitrogens is 4.